The van der Waals surface area contributed by atoms with E-state index >= 15 is 0 Å². The number of hydrogen-bond acceptors (Lipinski definition) is 4. The summed E-state index contributed by atoms with van der Waals surface area (Å²) in [6.45, 7) is 2.52. The second-order valence-electron chi connectivity index (χ2n) is 4.65. The minimum Gasteiger partial charge on any atom is -0.419 e. The average Bonchev–Trinajstić information content (AvgIpc) is 2.96. The number of anilines is 1. The minimum atomic E-state index is 0.433. The summed E-state index contributed by atoms with van der Waals surface area (Å²) in [7, 11) is 0. The Morgan fingerprint density at radius 1 is 1.05 bits per heavy atom. The highest BCUT2D eigenvalue weighted by atomic mass is 35.5. The van der Waals surface area contributed by atoms with Gasteiger partial charge in [0.25, 0.3) is 0 Å². The van der Waals surface area contributed by atoms with Crippen LogP contribution in [0.15, 0.2) is 52.9 Å². The maximum atomic E-state index is 6.12. The van der Waals surface area contributed by atoms with E-state index in [-0.39, 0.29) is 0 Å². The number of benzene rings is 2. The van der Waals surface area contributed by atoms with Crippen LogP contribution in [0.4, 0.5) is 5.69 Å². The highest BCUT2D eigenvalue weighted by Crippen LogP contribution is 2.26. The molecule has 106 valence electrons. The van der Waals surface area contributed by atoms with Crippen molar-refractivity contribution in [2.45, 2.75) is 13.5 Å². The molecule has 5 heteroatoms. The van der Waals surface area contributed by atoms with Crippen LogP contribution >= 0.6 is 11.6 Å². The Morgan fingerprint density at radius 2 is 1.81 bits per heavy atom. The molecule has 3 rings (SSSR count). The van der Waals surface area contributed by atoms with Crippen LogP contribution in [0.25, 0.3) is 11.5 Å². The molecular weight excluding hydrogens is 286 g/mol. The Morgan fingerprint density at radius 3 is 2.62 bits per heavy atom. The summed E-state index contributed by atoms with van der Waals surface area (Å²) >= 11 is 6.12. The van der Waals surface area contributed by atoms with E-state index in [9.17, 15) is 0 Å². The number of halogens is 1. The van der Waals surface area contributed by atoms with Gasteiger partial charge in [0.15, 0.2) is 0 Å². The molecule has 0 radical (unpaired) electrons. The van der Waals surface area contributed by atoms with Gasteiger partial charge in [0, 0.05) is 5.69 Å². The van der Waals surface area contributed by atoms with Gasteiger partial charge in [-0.3, -0.25) is 0 Å². The van der Waals surface area contributed by atoms with Crippen LogP contribution < -0.4 is 5.32 Å². The van der Waals surface area contributed by atoms with Gasteiger partial charge in [-0.2, -0.15) is 0 Å². The molecule has 1 N–H and O–H groups in total. The number of para-hydroxylation sites is 1. The molecule has 0 fully saturated rings. The third-order valence-corrected chi connectivity index (χ3v) is 3.48. The summed E-state index contributed by atoms with van der Waals surface area (Å²) in [5, 5.41) is 12.0. The molecule has 0 bridgehead atoms. The third kappa shape index (κ3) is 3.06. The molecule has 1 aromatic heterocycles. The fourth-order valence-electron chi connectivity index (χ4n) is 2.01. The van der Waals surface area contributed by atoms with E-state index in [1.807, 2.05) is 49.4 Å². The lowest BCUT2D eigenvalue weighted by molar-refractivity contribution is 0.515. The van der Waals surface area contributed by atoms with E-state index < -0.39 is 0 Å². The lowest BCUT2D eigenvalue weighted by atomic mass is 10.2. The minimum absolute atomic E-state index is 0.433. The van der Waals surface area contributed by atoms with Crippen molar-refractivity contribution >= 4 is 17.3 Å². The van der Waals surface area contributed by atoms with Crippen LogP contribution in [0, 0.1) is 6.92 Å². The Balaban J connectivity index is 1.74. The normalized spacial score (nSPS) is 10.6. The number of nitrogens with zero attached hydrogens (tertiary/aromatic N) is 2. The van der Waals surface area contributed by atoms with Crippen LogP contribution in [0.1, 0.15) is 11.5 Å². The van der Waals surface area contributed by atoms with Gasteiger partial charge in [-0.1, -0.05) is 41.9 Å². The van der Waals surface area contributed by atoms with Crippen molar-refractivity contribution in [1.82, 2.24) is 10.2 Å². The Labute approximate surface area is 127 Å². The molecule has 3 aromatic rings. The highest BCUT2D eigenvalue weighted by Gasteiger charge is 2.11. The van der Waals surface area contributed by atoms with Gasteiger partial charge in [0.1, 0.15) is 0 Å². The third-order valence-electron chi connectivity index (χ3n) is 3.15. The molecule has 0 saturated heterocycles. The van der Waals surface area contributed by atoms with E-state index in [0.29, 0.717) is 23.3 Å². The summed E-state index contributed by atoms with van der Waals surface area (Å²) in [6.07, 6.45) is 0. The van der Waals surface area contributed by atoms with Gasteiger partial charge in [-0.15, -0.1) is 10.2 Å². The first-order chi connectivity index (χ1) is 10.2. The zero-order valence-electron chi connectivity index (χ0n) is 11.5. The lowest BCUT2D eigenvalue weighted by Gasteiger charge is -2.06. The molecule has 1 heterocycles. The van der Waals surface area contributed by atoms with Gasteiger partial charge in [0.05, 0.1) is 17.1 Å². The first-order valence-corrected chi connectivity index (χ1v) is 6.98. The van der Waals surface area contributed by atoms with Gasteiger partial charge < -0.3 is 9.73 Å². The SMILES string of the molecule is Cc1ccccc1NCc1nnc(-c2ccccc2Cl)o1. The predicted molar refractivity (Wildman–Crippen MR) is 83.2 cm³/mol. The maximum absolute atomic E-state index is 6.12. The Kier molecular flexibility index (Phi) is 3.88. The molecule has 0 aliphatic rings. The van der Waals surface area contributed by atoms with Crippen molar-refractivity contribution in [2.24, 2.45) is 0 Å². The fourth-order valence-corrected chi connectivity index (χ4v) is 2.23. The molecule has 0 unspecified atom stereocenters. The number of aromatic nitrogens is 2. The van der Waals surface area contributed by atoms with Crippen LogP contribution in [0.5, 0.6) is 0 Å². The number of aryl methyl sites for hydroxylation is 1. The standard InChI is InChI=1S/C16H14ClN3O/c1-11-6-2-5-9-14(11)18-10-15-19-20-16(21-15)12-7-3-4-8-13(12)17/h2-9,18H,10H2,1H3. The van der Waals surface area contributed by atoms with Crippen LogP contribution in [0.2, 0.25) is 5.02 Å². The first kappa shape index (κ1) is 13.6. The van der Waals surface area contributed by atoms with Crippen molar-refractivity contribution in [1.29, 1.82) is 0 Å². The van der Waals surface area contributed by atoms with Crippen LogP contribution in [0.3, 0.4) is 0 Å². The van der Waals surface area contributed by atoms with Gasteiger partial charge in [-0.05, 0) is 30.7 Å². The van der Waals surface area contributed by atoms with E-state index in [1.165, 1.54) is 5.56 Å². The molecule has 2 aromatic carbocycles. The van der Waals surface area contributed by atoms with E-state index in [4.69, 9.17) is 16.0 Å². The Hall–Kier alpha value is -2.33. The molecule has 21 heavy (non-hydrogen) atoms. The lowest BCUT2D eigenvalue weighted by Crippen LogP contribution is -2.00. The number of nitrogens with one attached hydrogen (secondary N) is 1. The highest BCUT2D eigenvalue weighted by molar-refractivity contribution is 6.33. The monoisotopic (exact) mass is 299 g/mol. The van der Waals surface area contributed by atoms with E-state index in [2.05, 4.69) is 15.5 Å². The first-order valence-electron chi connectivity index (χ1n) is 6.61. The second kappa shape index (κ2) is 5.97. The molecular formula is C16H14ClN3O. The zero-order chi connectivity index (χ0) is 14.7. The topological polar surface area (TPSA) is 51.0 Å². The predicted octanol–water partition coefficient (Wildman–Crippen LogP) is 4.31. The van der Waals surface area contributed by atoms with Crippen molar-refractivity contribution in [3.63, 3.8) is 0 Å². The van der Waals surface area contributed by atoms with E-state index in [1.54, 1.807) is 6.07 Å². The largest absolute Gasteiger partial charge is 0.419 e. The molecule has 0 spiro atoms. The maximum Gasteiger partial charge on any atom is 0.249 e. The number of rotatable bonds is 4. The quantitative estimate of drug-likeness (QED) is 0.780. The summed E-state index contributed by atoms with van der Waals surface area (Å²) in [4.78, 5) is 0. The number of hydrogen-bond donors (Lipinski definition) is 1. The second-order valence-corrected chi connectivity index (χ2v) is 5.06. The molecule has 0 atom stereocenters. The average molecular weight is 300 g/mol. The Bertz CT molecular complexity index is 755. The molecule has 0 aliphatic carbocycles. The van der Waals surface area contributed by atoms with E-state index in [0.717, 1.165) is 11.3 Å². The van der Waals surface area contributed by atoms with Gasteiger partial charge in [-0.25, -0.2) is 0 Å². The van der Waals surface area contributed by atoms with Gasteiger partial charge in [0.2, 0.25) is 11.8 Å². The summed E-state index contributed by atoms with van der Waals surface area (Å²) in [6, 6.07) is 15.5. The summed E-state index contributed by atoms with van der Waals surface area (Å²) in [5.74, 6) is 0.954. The van der Waals surface area contributed by atoms with Gasteiger partial charge >= 0.3 is 0 Å². The zero-order valence-corrected chi connectivity index (χ0v) is 12.3. The van der Waals surface area contributed by atoms with Crippen molar-refractivity contribution < 1.29 is 4.42 Å². The fraction of sp³-hybridized carbons (Fsp3) is 0.125. The van der Waals surface area contributed by atoms with Crippen molar-refractivity contribution in [3.8, 4) is 11.5 Å². The molecule has 0 amide bonds. The smallest absolute Gasteiger partial charge is 0.249 e. The van der Waals surface area contributed by atoms with Crippen molar-refractivity contribution in [3.05, 3.63) is 65.0 Å². The summed E-state index contributed by atoms with van der Waals surface area (Å²) < 4.78 is 5.64. The van der Waals surface area contributed by atoms with Crippen LogP contribution in [-0.4, -0.2) is 10.2 Å². The van der Waals surface area contributed by atoms with Crippen molar-refractivity contribution in [2.75, 3.05) is 5.32 Å². The van der Waals surface area contributed by atoms with Crippen LogP contribution in [-0.2, 0) is 6.54 Å². The molecule has 0 aliphatic heterocycles. The summed E-state index contributed by atoms with van der Waals surface area (Å²) in [5.41, 5.74) is 2.96. The molecule has 4 nitrogen and oxygen atoms in total. The molecule has 0 saturated carbocycles.